The van der Waals surface area contributed by atoms with E-state index in [0.29, 0.717) is 18.1 Å². The molecule has 1 aliphatic rings. The quantitative estimate of drug-likeness (QED) is 0.768. The Labute approximate surface area is 156 Å². The maximum atomic E-state index is 12.4. The van der Waals surface area contributed by atoms with Crippen LogP contribution >= 0.6 is 11.3 Å². The van der Waals surface area contributed by atoms with Gasteiger partial charge < -0.3 is 5.11 Å². The minimum Gasteiger partial charge on any atom is -0.387 e. The largest absolute Gasteiger partial charge is 0.387 e. The molecule has 136 valence electrons. The molecule has 5 nitrogen and oxygen atoms in total. The van der Waals surface area contributed by atoms with E-state index in [4.69, 9.17) is 0 Å². The normalized spacial score (nSPS) is 17.6. The van der Waals surface area contributed by atoms with Gasteiger partial charge in [-0.3, -0.25) is 14.1 Å². The monoisotopic (exact) mass is 369 g/mol. The van der Waals surface area contributed by atoms with Crippen LogP contribution in [0.1, 0.15) is 35.2 Å². The number of hydrogen-bond acceptors (Lipinski definition) is 5. The second kappa shape index (κ2) is 7.31. The Balaban J connectivity index is 1.43. The van der Waals surface area contributed by atoms with Gasteiger partial charge in [0.1, 0.15) is 5.65 Å². The fourth-order valence-corrected chi connectivity index (χ4v) is 4.60. The lowest BCUT2D eigenvalue weighted by atomic mass is 9.90. The number of rotatable bonds is 4. The standard InChI is InChI=1S/C20H23N3O2S/c1-14-4-2-6-18-21-16(12-19(24)23(14)18)13-22-9-7-15(8-10-22)20(25)17-5-3-11-26-17/h2-6,11-12,15,20,25H,7-10,13H2,1H3/t20-/m1/s1. The minimum absolute atomic E-state index is 0.0221. The van der Waals surface area contributed by atoms with Crippen molar-refractivity contribution in [2.45, 2.75) is 32.4 Å². The number of pyridine rings is 1. The smallest absolute Gasteiger partial charge is 0.258 e. The fourth-order valence-electron chi connectivity index (χ4n) is 3.79. The maximum absolute atomic E-state index is 12.4. The lowest BCUT2D eigenvalue weighted by Gasteiger charge is -2.33. The predicted octanol–water partition coefficient (Wildman–Crippen LogP) is 3.01. The second-order valence-electron chi connectivity index (χ2n) is 7.02. The number of aromatic nitrogens is 2. The van der Waals surface area contributed by atoms with E-state index in [9.17, 15) is 9.90 Å². The average Bonchev–Trinajstić information content (AvgIpc) is 3.16. The molecule has 3 aromatic rings. The van der Waals surface area contributed by atoms with Crippen LogP contribution in [-0.2, 0) is 6.54 Å². The molecule has 0 saturated carbocycles. The van der Waals surface area contributed by atoms with Crippen LogP contribution in [0.5, 0.6) is 0 Å². The third kappa shape index (κ3) is 3.45. The predicted molar refractivity (Wildman–Crippen MR) is 103 cm³/mol. The Morgan fingerprint density at radius 1 is 1.27 bits per heavy atom. The molecule has 0 spiro atoms. The van der Waals surface area contributed by atoms with Crippen molar-refractivity contribution in [3.05, 3.63) is 68.4 Å². The first-order valence-corrected chi connectivity index (χ1v) is 9.92. The summed E-state index contributed by atoms with van der Waals surface area (Å²) in [5, 5.41) is 12.5. The van der Waals surface area contributed by atoms with E-state index >= 15 is 0 Å². The Bertz CT molecular complexity index is 943. The number of aliphatic hydroxyl groups excluding tert-OH is 1. The zero-order chi connectivity index (χ0) is 18.1. The Morgan fingerprint density at radius 3 is 2.81 bits per heavy atom. The van der Waals surface area contributed by atoms with E-state index in [0.717, 1.165) is 42.2 Å². The molecular weight excluding hydrogens is 346 g/mol. The molecule has 4 rings (SSSR count). The van der Waals surface area contributed by atoms with Crippen molar-refractivity contribution in [2.24, 2.45) is 5.92 Å². The first-order valence-electron chi connectivity index (χ1n) is 9.04. The number of piperidine rings is 1. The van der Waals surface area contributed by atoms with Crippen molar-refractivity contribution in [2.75, 3.05) is 13.1 Å². The van der Waals surface area contributed by atoms with Crippen molar-refractivity contribution >= 4 is 17.0 Å². The molecule has 0 radical (unpaired) electrons. The summed E-state index contributed by atoms with van der Waals surface area (Å²) < 4.78 is 1.65. The molecule has 6 heteroatoms. The van der Waals surface area contributed by atoms with Gasteiger partial charge in [-0.05, 0) is 62.4 Å². The van der Waals surface area contributed by atoms with Gasteiger partial charge in [-0.25, -0.2) is 4.98 Å². The van der Waals surface area contributed by atoms with Gasteiger partial charge in [-0.2, -0.15) is 0 Å². The van der Waals surface area contributed by atoms with Gasteiger partial charge in [0.25, 0.3) is 5.56 Å². The number of hydrogen-bond donors (Lipinski definition) is 1. The number of nitrogens with zero attached hydrogens (tertiary/aromatic N) is 3. The summed E-state index contributed by atoms with van der Waals surface area (Å²) in [6, 6.07) is 11.4. The number of aryl methyl sites for hydroxylation is 1. The van der Waals surface area contributed by atoms with Crippen LogP contribution in [0.2, 0.25) is 0 Å². The molecule has 0 bridgehead atoms. The fraction of sp³-hybridized carbons (Fsp3) is 0.400. The zero-order valence-corrected chi connectivity index (χ0v) is 15.7. The van der Waals surface area contributed by atoms with Crippen molar-refractivity contribution in [3.8, 4) is 0 Å². The van der Waals surface area contributed by atoms with Crippen molar-refractivity contribution in [1.82, 2.24) is 14.3 Å². The summed E-state index contributed by atoms with van der Waals surface area (Å²) in [6.07, 6.45) is 1.57. The number of fused-ring (bicyclic) bond motifs is 1. The first kappa shape index (κ1) is 17.4. The third-order valence-electron chi connectivity index (χ3n) is 5.23. The number of aliphatic hydroxyl groups is 1. The highest BCUT2D eigenvalue weighted by atomic mass is 32.1. The van der Waals surface area contributed by atoms with Crippen LogP contribution < -0.4 is 5.56 Å². The molecule has 0 unspecified atom stereocenters. The van der Waals surface area contributed by atoms with Crippen LogP contribution in [0.15, 0.2) is 46.6 Å². The van der Waals surface area contributed by atoms with Gasteiger partial charge in [0.2, 0.25) is 0 Å². The Morgan fingerprint density at radius 2 is 2.08 bits per heavy atom. The molecule has 1 atom stereocenters. The lowest BCUT2D eigenvalue weighted by Crippen LogP contribution is -2.35. The summed E-state index contributed by atoms with van der Waals surface area (Å²) in [4.78, 5) is 20.5. The summed E-state index contributed by atoms with van der Waals surface area (Å²) in [5.74, 6) is 0.308. The van der Waals surface area contributed by atoms with Gasteiger partial charge in [0.05, 0.1) is 11.8 Å². The first-order chi connectivity index (χ1) is 12.6. The molecule has 4 heterocycles. The van der Waals surface area contributed by atoms with E-state index in [1.165, 1.54) is 0 Å². The van der Waals surface area contributed by atoms with Crippen LogP contribution in [0.3, 0.4) is 0 Å². The lowest BCUT2D eigenvalue weighted by molar-refractivity contribution is 0.0587. The highest BCUT2D eigenvalue weighted by molar-refractivity contribution is 7.10. The van der Waals surface area contributed by atoms with Gasteiger partial charge in [0, 0.05) is 23.2 Å². The van der Waals surface area contributed by atoms with E-state index in [1.807, 2.05) is 42.6 Å². The van der Waals surface area contributed by atoms with Gasteiger partial charge in [-0.1, -0.05) is 12.1 Å². The van der Waals surface area contributed by atoms with Gasteiger partial charge >= 0.3 is 0 Å². The zero-order valence-electron chi connectivity index (χ0n) is 14.8. The maximum Gasteiger partial charge on any atom is 0.258 e. The molecule has 0 amide bonds. The SMILES string of the molecule is Cc1cccc2nc(CN3CCC([C@@H](O)c4cccs4)CC3)cc(=O)n12. The molecule has 0 aliphatic carbocycles. The average molecular weight is 369 g/mol. The summed E-state index contributed by atoms with van der Waals surface area (Å²) in [5.41, 5.74) is 2.40. The number of thiophene rings is 1. The Hall–Kier alpha value is -2.02. The second-order valence-corrected chi connectivity index (χ2v) is 8.00. The number of likely N-dealkylation sites (tertiary alicyclic amines) is 1. The highest BCUT2D eigenvalue weighted by Gasteiger charge is 2.27. The van der Waals surface area contributed by atoms with E-state index in [2.05, 4.69) is 9.88 Å². The summed E-state index contributed by atoms with van der Waals surface area (Å²) in [7, 11) is 0. The van der Waals surface area contributed by atoms with Crippen LogP contribution in [0.4, 0.5) is 0 Å². The minimum atomic E-state index is -0.358. The van der Waals surface area contributed by atoms with Crippen LogP contribution in [0, 0.1) is 12.8 Å². The summed E-state index contributed by atoms with van der Waals surface area (Å²) >= 11 is 1.62. The molecule has 1 aliphatic heterocycles. The molecule has 1 saturated heterocycles. The molecular formula is C20H23N3O2S. The summed E-state index contributed by atoms with van der Waals surface area (Å²) in [6.45, 7) is 4.44. The topological polar surface area (TPSA) is 57.8 Å². The molecule has 3 aromatic heterocycles. The highest BCUT2D eigenvalue weighted by Crippen LogP contribution is 2.33. The third-order valence-corrected chi connectivity index (χ3v) is 6.18. The van der Waals surface area contributed by atoms with Crippen molar-refractivity contribution in [1.29, 1.82) is 0 Å². The van der Waals surface area contributed by atoms with E-state index in [1.54, 1.807) is 21.8 Å². The molecule has 1 fully saturated rings. The van der Waals surface area contributed by atoms with Gasteiger partial charge in [-0.15, -0.1) is 11.3 Å². The van der Waals surface area contributed by atoms with Crippen molar-refractivity contribution < 1.29 is 5.11 Å². The molecule has 0 aromatic carbocycles. The molecule has 26 heavy (non-hydrogen) atoms. The Kier molecular flexibility index (Phi) is 4.89. The van der Waals surface area contributed by atoms with Crippen LogP contribution in [0.25, 0.3) is 5.65 Å². The van der Waals surface area contributed by atoms with E-state index in [-0.39, 0.29) is 11.7 Å². The van der Waals surface area contributed by atoms with Crippen molar-refractivity contribution in [3.63, 3.8) is 0 Å². The molecule has 1 N–H and O–H groups in total. The van der Waals surface area contributed by atoms with Gasteiger partial charge in [0.15, 0.2) is 0 Å². The van der Waals surface area contributed by atoms with Crippen LogP contribution in [-0.4, -0.2) is 32.5 Å². The van der Waals surface area contributed by atoms with E-state index < -0.39 is 0 Å².